The molecule has 0 radical (unpaired) electrons. The van der Waals surface area contributed by atoms with Crippen LogP contribution in [0.5, 0.6) is 0 Å². The van der Waals surface area contributed by atoms with E-state index in [0.29, 0.717) is 29.9 Å². The number of aliphatic hydroxyl groups excluding tert-OH is 1. The summed E-state index contributed by atoms with van der Waals surface area (Å²) in [6.45, 7) is 5.98. The Kier molecular flexibility index (Phi) is 5.58. The van der Waals surface area contributed by atoms with E-state index >= 15 is 0 Å². The summed E-state index contributed by atoms with van der Waals surface area (Å²) in [5.41, 5.74) is 3.05. The van der Waals surface area contributed by atoms with Crippen LogP contribution in [0.4, 0.5) is 5.82 Å². The van der Waals surface area contributed by atoms with Gasteiger partial charge < -0.3 is 14.6 Å². The van der Waals surface area contributed by atoms with Crippen LogP contribution in [0.25, 0.3) is 16.7 Å². The molecule has 4 heterocycles. The molecule has 0 saturated carbocycles. The molecule has 1 saturated heterocycles. The molecule has 4 aromatic rings. The zero-order valence-corrected chi connectivity index (χ0v) is 18.6. The molecule has 1 aliphatic heterocycles. The van der Waals surface area contributed by atoms with E-state index in [4.69, 9.17) is 0 Å². The van der Waals surface area contributed by atoms with Crippen LogP contribution < -0.4 is 10.5 Å². The van der Waals surface area contributed by atoms with Crippen LogP contribution in [0.3, 0.4) is 0 Å². The van der Waals surface area contributed by atoms with Gasteiger partial charge >= 0.3 is 0 Å². The number of β-amino-alcohol motifs (C(OH)–C–C–N with tert-alkyl or cyclic N) is 1. The van der Waals surface area contributed by atoms with Gasteiger partial charge in [0.25, 0.3) is 5.56 Å². The molecule has 0 amide bonds. The average molecular weight is 443 g/mol. The molecule has 1 aromatic carbocycles. The number of nitrogens with zero attached hydrogens (tertiary/aromatic N) is 6. The Balaban J connectivity index is 1.39. The molecule has 0 unspecified atom stereocenters. The molecule has 5 rings (SSSR count). The van der Waals surface area contributed by atoms with Crippen molar-refractivity contribution in [3.8, 4) is 6.07 Å². The van der Waals surface area contributed by atoms with Crippen molar-refractivity contribution in [3.05, 3.63) is 76.2 Å². The Morgan fingerprint density at radius 3 is 2.48 bits per heavy atom. The summed E-state index contributed by atoms with van der Waals surface area (Å²) in [7, 11) is 0. The summed E-state index contributed by atoms with van der Waals surface area (Å²) in [5, 5.41) is 20.8. The molecule has 168 valence electrons. The Labute approximate surface area is 191 Å². The van der Waals surface area contributed by atoms with Gasteiger partial charge in [0.05, 0.1) is 29.2 Å². The highest BCUT2D eigenvalue weighted by Crippen LogP contribution is 2.24. The number of anilines is 1. The third-order valence-corrected chi connectivity index (χ3v) is 6.38. The first kappa shape index (κ1) is 21.2. The number of aliphatic hydroxyl groups is 1. The normalized spacial score (nSPS) is 15.7. The fourth-order valence-electron chi connectivity index (χ4n) is 4.79. The number of pyridine rings is 2. The maximum absolute atomic E-state index is 12.8. The van der Waals surface area contributed by atoms with E-state index in [1.165, 1.54) is 6.07 Å². The molecule has 3 aromatic heterocycles. The van der Waals surface area contributed by atoms with Gasteiger partial charge in [-0.25, -0.2) is 4.98 Å². The Morgan fingerprint density at radius 2 is 1.79 bits per heavy atom. The molecule has 1 atom stereocenters. The van der Waals surface area contributed by atoms with Crippen LogP contribution >= 0.6 is 0 Å². The molecular formula is C25H26N6O2. The van der Waals surface area contributed by atoms with Crippen molar-refractivity contribution >= 4 is 22.5 Å². The van der Waals surface area contributed by atoms with Crippen molar-refractivity contribution in [1.82, 2.24) is 18.9 Å². The fraction of sp³-hybridized carbons (Fsp3) is 0.320. The highest BCUT2D eigenvalue weighted by Gasteiger charge is 2.23. The zero-order valence-electron chi connectivity index (χ0n) is 18.6. The number of aromatic nitrogens is 3. The summed E-state index contributed by atoms with van der Waals surface area (Å²) in [6, 6.07) is 17.3. The third kappa shape index (κ3) is 3.86. The largest absolute Gasteiger partial charge is 0.390 e. The minimum atomic E-state index is -0.645. The number of fused-ring (bicyclic) bond motifs is 3. The number of para-hydroxylation sites is 2. The van der Waals surface area contributed by atoms with Gasteiger partial charge in [0, 0.05) is 45.0 Å². The number of hydrogen-bond acceptors (Lipinski definition) is 6. The van der Waals surface area contributed by atoms with E-state index in [1.54, 1.807) is 17.5 Å². The van der Waals surface area contributed by atoms with Crippen LogP contribution in [0.2, 0.25) is 0 Å². The fourth-order valence-corrected chi connectivity index (χ4v) is 4.79. The summed E-state index contributed by atoms with van der Waals surface area (Å²) < 4.78 is 3.50. The predicted molar refractivity (Wildman–Crippen MR) is 128 cm³/mol. The van der Waals surface area contributed by atoms with Gasteiger partial charge in [-0.15, -0.1) is 0 Å². The Bertz CT molecular complexity index is 1390. The van der Waals surface area contributed by atoms with E-state index in [9.17, 15) is 15.2 Å². The van der Waals surface area contributed by atoms with Gasteiger partial charge in [-0.05, 0) is 36.8 Å². The Hall–Kier alpha value is -3.67. The summed E-state index contributed by atoms with van der Waals surface area (Å²) in [4.78, 5) is 21.7. The van der Waals surface area contributed by atoms with Gasteiger partial charge in [0.1, 0.15) is 17.5 Å². The second-order valence-corrected chi connectivity index (χ2v) is 8.54. The number of piperazine rings is 1. The quantitative estimate of drug-likeness (QED) is 0.509. The predicted octanol–water partition coefficient (Wildman–Crippen LogP) is 2.01. The van der Waals surface area contributed by atoms with Crippen LogP contribution in [0, 0.1) is 18.3 Å². The molecule has 1 fully saturated rings. The van der Waals surface area contributed by atoms with Crippen molar-refractivity contribution in [1.29, 1.82) is 5.26 Å². The van der Waals surface area contributed by atoms with Crippen molar-refractivity contribution in [2.24, 2.45) is 0 Å². The highest BCUT2D eigenvalue weighted by atomic mass is 16.3. The molecule has 0 aliphatic carbocycles. The number of rotatable bonds is 5. The smallest absolute Gasteiger partial charge is 0.257 e. The minimum absolute atomic E-state index is 0.170. The number of hydrogen-bond donors (Lipinski definition) is 1. The molecule has 8 heteroatoms. The molecule has 1 aliphatic rings. The van der Waals surface area contributed by atoms with Gasteiger partial charge in [0.2, 0.25) is 0 Å². The standard InChI is InChI=1S/C25H26N6O2/c1-18-14-24(33)31-22-7-3-2-6-21(22)30(25(31)20(18)15-26)17-19(32)16-28-10-12-29(13-11-28)23-8-4-5-9-27-23/h2-9,14,19,32H,10-13,16-17H2,1H3/t19-/m1/s1. The van der Waals surface area contributed by atoms with Crippen molar-refractivity contribution in [2.45, 2.75) is 19.6 Å². The number of imidazole rings is 1. The number of aryl methyl sites for hydroxylation is 1. The van der Waals surface area contributed by atoms with Crippen LogP contribution in [0.1, 0.15) is 11.1 Å². The lowest BCUT2D eigenvalue weighted by molar-refractivity contribution is 0.0967. The molecule has 0 spiro atoms. The molecule has 1 N–H and O–H groups in total. The lowest BCUT2D eigenvalue weighted by atomic mass is 10.1. The summed E-state index contributed by atoms with van der Waals surface area (Å²) >= 11 is 0. The summed E-state index contributed by atoms with van der Waals surface area (Å²) in [6.07, 6.45) is 1.16. The minimum Gasteiger partial charge on any atom is -0.390 e. The van der Waals surface area contributed by atoms with E-state index in [-0.39, 0.29) is 5.56 Å². The van der Waals surface area contributed by atoms with Crippen LogP contribution in [0.15, 0.2) is 59.5 Å². The first-order valence-corrected chi connectivity index (χ1v) is 11.2. The van der Waals surface area contributed by atoms with Gasteiger partial charge in [-0.3, -0.25) is 14.1 Å². The van der Waals surface area contributed by atoms with Crippen molar-refractivity contribution in [3.63, 3.8) is 0 Å². The lowest BCUT2D eigenvalue weighted by Gasteiger charge is -2.36. The SMILES string of the molecule is Cc1cc(=O)n2c3ccccc3n(C[C@H](O)CN3CCN(c4ccccn4)CC3)c2c1C#N. The second kappa shape index (κ2) is 8.70. The second-order valence-electron chi connectivity index (χ2n) is 8.54. The van der Waals surface area contributed by atoms with E-state index in [2.05, 4.69) is 20.9 Å². The highest BCUT2D eigenvalue weighted by molar-refractivity contribution is 5.84. The van der Waals surface area contributed by atoms with Crippen molar-refractivity contribution < 1.29 is 5.11 Å². The average Bonchev–Trinajstić information content (AvgIpc) is 3.15. The third-order valence-electron chi connectivity index (χ3n) is 6.38. The zero-order chi connectivity index (χ0) is 22.9. The topological polar surface area (TPSA) is 89.8 Å². The lowest BCUT2D eigenvalue weighted by Crippen LogP contribution is -2.49. The van der Waals surface area contributed by atoms with Crippen LogP contribution in [-0.4, -0.2) is 62.8 Å². The van der Waals surface area contributed by atoms with Crippen LogP contribution in [-0.2, 0) is 6.54 Å². The first-order valence-electron chi connectivity index (χ1n) is 11.2. The van der Waals surface area contributed by atoms with Gasteiger partial charge in [-0.2, -0.15) is 5.26 Å². The maximum Gasteiger partial charge on any atom is 0.257 e. The number of benzene rings is 1. The number of nitriles is 1. The van der Waals surface area contributed by atoms with Crippen molar-refractivity contribution in [2.75, 3.05) is 37.6 Å². The molecule has 33 heavy (non-hydrogen) atoms. The maximum atomic E-state index is 12.8. The Morgan fingerprint density at radius 1 is 1.06 bits per heavy atom. The first-order chi connectivity index (χ1) is 16.1. The van der Waals surface area contributed by atoms with Gasteiger partial charge in [-0.1, -0.05) is 18.2 Å². The monoisotopic (exact) mass is 442 g/mol. The molecule has 8 nitrogen and oxygen atoms in total. The molecule has 0 bridgehead atoms. The summed E-state index contributed by atoms with van der Waals surface area (Å²) in [5.74, 6) is 0.979. The molecular weight excluding hydrogens is 416 g/mol. The van der Waals surface area contributed by atoms with E-state index < -0.39 is 6.10 Å². The van der Waals surface area contributed by atoms with E-state index in [1.807, 2.05) is 47.0 Å². The van der Waals surface area contributed by atoms with Gasteiger partial charge in [0.15, 0.2) is 0 Å². The van der Waals surface area contributed by atoms with E-state index in [0.717, 1.165) is 43.0 Å².